The zero-order chi connectivity index (χ0) is 24.8. The highest BCUT2D eigenvalue weighted by Gasteiger charge is 2.18. The summed E-state index contributed by atoms with van der Waals surface area (Å²) in [5.41, 5.74) is 1.67. The van der Waals surface area contributed by atoms with E-state index in [0.717, 1.165) is 0 Å². The van der Waals surface area contributed by atoms with Gasteiger partial charge in [-0.05, 0) is 43.4 Å². The number of benzene rings is 3. The van der Waals surface area contributed by atoms with Gasteiger partial charge in [0.15, 0.2) is 11.5 Å². The average molecular weight is 495 g/mol. The van der Waals surface area contributed by atoms with Crippen molar-refractivity contribution in [2.45, 2.75) is 0 Å². The number of fused-ring (bicyclic) bond motifs is 1. The van der Waals surface area contributed by atoms with Gasteiger partial charge in [0, 0.05) is 11.8 Å². The molecule has 0 spiro atoms. The summed E-state index contributed by atoms with van der Waals surface area (Å²) in [6.07, 6.45) is 0. The highest BCUT2D eigenvalue weighted by atomic mass is 35.5. The molecular weight excluding hydrogens is 472 g/mol. The second-order valence-corrected chi connectivity index (χ2v) is 8.22. The number of rotatable bonds is 8. The first-order valence-corrected chi connectivity index (χ1v) is 11.1. The van der Waals surface area contributed by atoms with Crippen LogP contribution < -0.4 is 25.4 Å². The van der Waals surface area contributed by atoms with Gasteiger partial charge in [0.05, 0.1) is 35.1 Å². The summed E-state index contributed by atoms with van der Waals surface area (Å²) >= 11 is 6.06. The number of hydrogen-bond donors (Lipinski definition) is 3. The number of amides is 3. The largest absolute Gasteiger partial charge is 0.454 e. The Morgan fingerprint density at radius 1 is 0.829 bits per heavy atom. The maximum atomic E-state index is 12.9. The third-order valence-electron chi connectivity index (χ3n) is 5.05. The maximum absolute atomic E-state index is 12.9. The van der Waals surface area contributed by atoms with Gasteiger partial charge >= 0.3 is 0 Å². The van der Waals surface area contributed by atoms with E-state index in [2.05, 4.69) is 16.0 Å². The summed E-state index contributed by atoms with van der Waals surface area (Å²) in [6, 6.07) is 18.6. The number of hydrogen-bond acceptors (Lipinski definition) is 6. The number of anilines is 3. The third kappa shape index (κ3) is 6.28. The Hall–Kier alpha value is -4.08. The molecule has 180 valence electrons. The quantitative estimate of drug-likeness (QED) is 0.439. The SMILES string of the molecule is CN(CC(=O)Nc1ccccc1Cl)CC(=O)Nc1ccccc1C(=O)Nc1ccc2c(c1)OCO2. The topological polar surface area (TPSA) is 109 Å². The second kappa shape index (κ2) is 10.9. The normalized spacial score (nSPS) is 11.7. The van der Waals surface area contributed by atoms with E-state index in [-0.39, 0.29) is 37.3 Å². The molecule has 0 bridgehead atoms. The molecule has 3 aromatic rings. The Morgan fingerprint density at radius 3 is 2.20 bits per heavy atom. The van der Waals surface area contributed by atoms with Crippen molar-refractivity contribution in [3.63, 3.8) is 0 Å². The number of carbonyl (C=O) groups is 3. The lowest BCUT2D eigenvalue weighted by atomic mass is 10.1. The Morgan fingerprint density at radius 2 is 1.46 bits per heavy atom. The standard InChI is InChI=1S/C25H23ClN4O5/c1-30(14-24(32)29-20-9-5-3-7-18(20)26)13-23(31)28-19-8-4-2-6-17(19)25(33)27-16-10-11-21-22(12-16)35-15-34-21/h2-12H,13-15H2,1H3,(H,27,33)(H,28,31)(H,29,32). The van der Waals surface area contributed by atoms with Gasteiger partial charge in [-0.25, -0.2) is 0 Å². The van der Waals surface area contributed by atoms with E-state index in [1.807, 2.05) is 0 Å². The monoisotopic (exact) mass is 494 g/mol. The Bertz CT molecular complexity index is 1270. The van der Waals surface area contributed by atoms with Crippen LogP contribution in [0.4, 0.5) is 17.1 Å². The highest BCUT2D eigenvalue weighted by molar-refractivity contribution is 6.33. The molecule has 0 atom stereocenters. The second-order valence-electron chi connectivity index (χ2n) is 7.82. The number of ether oxygens (including phenoxy) is 2. The number of carbonyl (C=O) groups excluding carboxylic acids is 3. The minimum Gasteiger partial charge on any atom is -0.454 e. The van der Waals surface area contributed by atoms with Crippen molar-refractivity contribution in [3.05, 3.63) is 77.3 Å². The maximum Gasteiger partial charge on any atom is 0.257 e. The smallest absolute Gasteiger partial charge is 0.257 e. The van der Waals surface area contributed by atoms with Gasteiger partial charge in [-0.2, -0.15) is 0 Å². The molecule has 9 nitrogen and oxygen atoms in total. The summed E-state index contributed by atoms with van der Waals surface area (Å²) in [5, 5.41) is 8.68. The van der Waals surface area contributed by atoms with Crippen molar-refractivity contribution in [2.75, 3.05) is 42.9 Å². The third-order valence-corrected chi connectivity index (χ3v) is 5.38. The molecule has 4 rings (SSSR count). The van der Waals surface area contributed by atoms with Crippen LogP contribution in [0.15, 0.2) is 66.7 Å². The molecule has 0 radical (unpaired) electrons. The van der Waals surface area contributed by atoms with Crippen LogP contribution in [0.1, 0.15) is 10.4 Å². The summed E-state index contributed by atoms with van der Waals surface area (Å²) in [5.74, 6) is 0.0804. The fourth-order valence-electron chi connectivity index (χ4n) is 3.45. The van der Waals surface area contributed by atoms with Crippen molar-refractivity contribution in [1.29, 1.82) is 0 Å². The van der Waals surface area contributed by atoms with Crippen molar-refractivity contribution >= 4 is 46.4 Å². The summed E-state index contributed by atoms with van der Waals surface area (Å²) in [7, 11) is 1.64. The van der Waals surface area contributed by atoms with E-state index in [9.17, 15) is 14.4 Å². The molecular formula is C25H23ClN4O5. The molecule has 35 heavy (non-hydrogen) atoms. The minimum atomic E-state index is -0.396. The molecule has 0 unspecified atom stereocenters. The number of para-hydroxylation sites is 2. The van der Waals surface area contributed by atoms with Crippen LogP contribution in [0.25, 0.3) is 0 Å². The van der Waals surface area contributed by atoms with Crippen LogP contribution in [0.5, 0.6) is 11.5 Å². The van der Waals surface area contributed by atoms with Crippen molar-refractivity contribution in [2.24, 2.45) is 0 Å². The number of halogens is 1. The lowest BCUT2D eigenvalue weighted by molar-refractivity contribution is -0.119. The van der Waals surface area contributed by atoms with E-state index in [1.54, 1.807) is 78.7 Å². The molecule has 0 saturated heterocycles. The van der Waals surface area contributed by atoms with E-state index in [4.69, 9.17) is 21.1 Å². The Labute approximate surface area is 207 Å². The van der Waals surface area contributed by atoms with Crippen molar-refractivity contribution in [1.82, 2.24) is 4.90 Å². The van der Waals surface area contributed by atoms with Crippen molar-refractivity contribution in [3.8, 4) is 11.5 Å². The van der Waals surface area contributed by atoms with E-state index in [1.165, 1.54) is 0 Å². The lowest BCUT2D eigenvalue weighted by Gasteiger charge is -2.17. The number of likely N-dealkylation sites (N-methyl/N-ethyl adjacent to an activating group) is 1. The predicted octanol–water partition coefficient (Wildman–Crippen LogP) is 3.83. The lowest BCUT2D eigenvalue weighted by Crippen LogP contribution is -2.36. The molecule has 1 aliphatic heterocycles. The van der Waals surface area contributed by atoms with Gasteiger partial charge in [0.25, 0.3) is 5.91 Å². The first-order valence-electron chi connectivity index (χ1n) is 10.7. The zero-order valence-corrected chi connectivity index (χ0v) is 19.6. The molecule has 3 aromatic carbocycles. The molecule has 0 saturated carbocycles. The van der Waals surface area contributed by atoms with Crippen LogP contribution in [-0.4, -0.2) is 49.6 Å². The predicted molar refractivity (Wildman–Crippen MR) is 133 cm³/mol. The van der Waals surface area contributed by atoms with Crippen LogP contribution in [-0.2, 0) is 9.59 Å². The average Bonchev–Trinajstić information content (AvgIpc) is 3.28. The molecule has 0 fully saturated rings. The minimum absolute atomic E-state index is 0.0229. The first kappa shape index (κ1) is 24.1. The van der Waals surface area contributed by atoms with Gasteiger partial charge < -0.3 is 25.4 Å². The van der Waals surface area contributed by atoms with Gasteiger partial charge in [-0.15, -0.1) is 0 Å². The Kier molecular flexibility index (Phi) is 7.49. The van der Waals surface area contributed by atoms with Gasteiger partial charge in [0.1, 0.15) is 0 Å². The summed E-state index contributed by atoms with van der Waals surface area (Å²) < 4.78 is 10.6. The van der Waals surface area contributed by atoms with Crippen LogP contribution in [0.2, 0.25) is 5.02 Å². The van der Waals surface area contributed by atoms with Gasteiger partial charge in [-0.1, -0.05) is 35.9 Å². The molecule has 1 heterocycles. The van der Waals surface area contributed by atoms with Crippen LogP contribution in [0.3, 0.4) is 0 Å². The first-order chi connectivity index (χ1) is 16.9. The van der Waals surface area contributed by atoms with E-state index < -0.39 is 5.91 Å². The van der Waals surface area contributed by atoms with Gasteiger partial charge in [0.2, 0.25) is 18.6 Å². The molecule has 3 amide bonds. The molecule has 0 aliphatic carbocycles. The molecule has 1 aliphatic rings. The fourth-order valence-corrected chi connectivity index (χ4v) is 3.63. The van der Waals surface area contributed by atoms with Crippen molar-refractivity contribution < 1.29 is 23.9 Å². The summed E-state index contributed by atoms with van der Waals surface area (Å²) in [6.45, 7) is 0.0522. The molecule has 0 aromatic heterocycles. The van der Waals surface area contributed by atoms with Gasteiger partial charge in [-0.3, -0.25) is 19.3 Å². The number of nitrogens with zero attached hydrogens (tertiary/aromatic N) is 1. The molecule has 10 heteroatoms. The van der Waals surface area contributed by atoms with Crippen LogP contribution in [0, 0.1) is 0 Å². The Balaban J connectivity index is 1.33. The van der Waals surface area contributed by atoms with Crippen LogP contribution >= 0.6 is 11.6 Å². The zero-order valence-electron chi connectivity index (χ0n) is 18.8. The fraction of sp³-hybridized carbons (Fsp3) is 0.160. The summed E-state index contributed by atoms with van der Waals surface area (Å²) in [4.78, 5) is 39.3. The number of nitrogens with one attached hydrogen (secondary N) is 3. The molecule has 3 N–H and O–H groups in total. The van der Waals surface area contributed by atoms with E-state index >= 15 is 0 Å². The van der Waals surface area contributed by atoms with E-state index in [0.29, 0.717) is 33.6 Å². The highest BCUT2D eigenvalue weighted by Crippen LogP contribution is 2.34.